The first-order valence-corrected chi connectivity index (χ1v) is 6.81. The minimum Gasteiger partial charge on any atom is -0.456 e. The van der Waals surface area contributed by atoms with Gasteiger partial charge in [-0.05, 0) is 68.0 Å². The van der Waals surface area contributed by atoms with Gasteiger partial charge in [0, 0.05) is 0 Å². The van der Waals surface area contributed by atoms with Crippen LogP contribution in [0.4, 0.5) is 4.39 Å². The monoisotopic (exact) mass is 271 g/mol. The first kappa shape index (κ1) is 14.3. The van der Waals surface area contributed by atoms with E-state index in [2.05, 4.69) is 6.07 Å². The Morgan fingerprint density at radius 3 is 2.90 bits per heavy atom. The van der Waals surface area contributed by atoms with Crippen molar-refractivity contribution in [3.63, 3.8) is 0 Å². The van der Waals surface area contributed by atoms with Gasteiger partial charge < -0.3 is 4.74 Å². The van der Waals surface area contributed by atoms with Crippen LogP contribution < -0.4 is 4.74 Å². The largest absolute Gasteiger partial charge is 0.456 e. The predicted octanol–water partition coefficient (Wildman–Crippen LogP) is 4.60. The van der Waals surface area contributed by atoms with Gasteiger partial charge in [-0.25, -0.2) is 4.39 Å². The lowest BCUT2D eigenvalue weighted by Gasteiger charge is -2.13. The van der Waals surface area contributed by atoms with Gasteiger partial charge >= 0.3 is 0 Å². The number of nitriles is 1. The van der Waals surface area contributed by atoms with Gasteiger partial charge in [0.1, 0.15) is 24.3 Å². The molecule has 0 saturated heterocycles. The summed E-state index contributed by atoms with van der Waals surface area (Å²) in [4.78, 5) is 0. The SMILES string of the molecule is C/C=C(/Oc1ccc(C)cc1C#N)C1=C(CF)CCC1. The van der Waals surface area contributed by atoms with Gasteiger partial charge in [0.15, 0.2) is 0 Å². The van der Waals surface area contributed by atoms with E-state index in [-0.39, 0.29) is 0 Å². The van der Waals surface area contributed by atoms with E-state index in [1.807, 2.05) is 26.0 Å². The number of hydrogen-bond donors (Lipinski definition) is 0. The van der Waals surface area contributed by atoms with Gasteiger partial charge in [-0.2, -0.15) is 5.26 Å². The summed E-state index contributed by atoms with van der Waals surface area (Å²) in [6.07, 6.45) is 4.45. The van der Waals surface area contributed by atoms with Gasteiger partial charge in [0.25, 0.3) is 0 Å². The van der Waals surface area contributed by atoms with E-state index in [0.29, 0.717) is 17.1 Å². The Morgan fingerprint density at radius 1 is 1.45 bits per heavy atom. The van der Waals surface area contributed by atoms with Crippen LogP contribution in [0.3, 0.4) is 0 Å². The van der Waals surface area contributed by atoms with Crippen LogP contribution in [0.15, 0.2) is 41.2 Å². The molecule has 3 heteroatoms. The second kappa shape index (κ2) is 6.38. The predicted molar refractivity (Wildman–Crippen MR) is 77.1 cm³/mol. The maximum absolute atomic E-state index is 13.0. The summed E-state index contributed by atoms with van der Waals surface area (Å²) in [6, 6.07) is 7.63. The average molecular weight is 271 g/mol. The molecule has 0 bridgehead atoms. The number of ether oxygens (including phenoxy) is 1. The Kier molecular flexibility index (Phi) is 4.57. The number of nitrogens with zero attached hydrogens (tertiary/aromatic N) is 1. The highest BCUT2D eigenvalue weighted by Gasteiger charge is 2.19. The molecule has 0 saturated carbocycles. The zero-order valence-electron chi connectivity index (χ0n) is 11.9. The number of hydrogen-bond acceptors (Lipinski definition) is 2. The maximum atomic E-state index is 13.0. The van der Waals surface area contributed by atoms with Crippen LogP contribution in [0.2, 0.25) is 0 Å². The molecule has 104 valence electrons. The number of aryl methyl sites for hydroxylation is 1. The van der Waals surface area contributed by atoms with Crippen molar-refractivity contribution in [2.24, 2.45) is 0 Å². The van der Waals surface area contributed by atoms with Gasteiger partial charge in [-0.15, -0.1) is 0 Å². The molecule has 2 nitrogen and oxygen atoms in total. The van der Waals surface area contributed by atoms with Gasteiger partial charge in [0.05, 0.1) is 5.56 Å². The summed E-state index contributed by atoms with van der Waals surface area (Å²) in [6.45, 7) is 3.38. The van der Waals surface area contributed by atoms with Crippen molar-refractivity contribution in [2.75, 3.05) is 6.67 Å². The molecule has 0 amide bonds. The molecule has 1 aliphatic rings. The molecule has 0 aromatic heterocycles. The molecule has 0 radical (unpaired) electrons. The Labute approximate surface area is 119 Å². The highest BCUT2D eigenvalue weighted by atomic mass is 19.1. The number of halogens is 1. The van der Waals surface area contributed by atoms with Crippen molar-refractivity contribution in [1.82, 2.24) is 0 Å². The minimum absolute atomic E-state index is 0.422. The number of allylic oxidation sites excluding steroid dienone is 3. The van der Waals surface area contributed by atoms with E-state index < -0.39 is 6.67 Å². The van der Waals surface area contributed by atoms with Crippen LogP contribution >= 0.6 is 0 Å². The Bertz CT molecular complexity index is 608. The minimum atomic E-state index is -0.422. The van der Waals surface area contributed by atoms with Crippen LogP contribution in [-0.4, -0.2) is 6.67 Å². The lowest BCUT2D eigenvalue weighted by Crippen LogP contribution is -2.02. The van der Waals surface area contributed by atoms with Crippen molar-refractivity contribution in [1.29, 1.82) is 5.26 Å². The van der Waals surface area contributed by atoms with Crippen molar-refractivity contribution in [2.45, 2.75) is 33.1 Å². The summed E-state index contributed by atoms with van der Waals surface area (Å²) in [5, 5.41) is 9.17. The van der Waals surface area contributed by atoms with Gasteiger partial charge in [-0.3, -0.25) is 0 Å². The number of benzene rings is 1. The van der Waals surface area contributed by atoms with E-state index in [9.17, 15) is 9.65 Å². The van der Waals surface area contributed by atoms with Crippen LogP contribution in [-0.2, 0) is 0 Å². The van der Waals surface area contributed by atoms with Crippen molar-refractivity contribution in [3.05, 3.63) is 52.3 Å². The standard InChI is InChI=1S/C17H18FNO/c1-3-16(15-6-4-5-13(15)10-18)20-17-8-7-12(2)9-14(17)11-19/h3,7-9H,4-6,10H2,1-2H3/b16-3+. The van der Waals surface area contributed by atoms with Crippen LogP contribution in [0, 0.1) is 18.3 Å². The van der Waals surface area contributed by atoms with E-state index in [0.717, 1.165) is 36.0 Å². The fourth-order valence-electron chi connectivity index (χ4n) is 2.48. The summed E-state index contributed by atoms with van der Waals surface area (Å²) in [5.41, 5.74) is 3.30. The molecular formula is C17H18FNO. The fourth-order valence-corrected chi connectivity index (χ4v) is 2.48. The summed E-state index contributed by atoms with van der Waals surface area (Å²) >= 11 is 0. The molecule has 0 N–H and O–H groups in total. The zero-order chi connectivity index (χ0) is 14.5. The Hall–Kier alpha value is -2.08. The molecule has 0 unspecified atom stereocenters. The van der Waals surface area contributed by atoms with Crippen molar-refractivity contribution in [3.8, 4) is 11.8 Å². The summed E-state index contributed by atoms with van der Waals surface area (Å²) in [5.74, 6) is 1.21. The average Bonchev–Trinajstić information content (AvgIpc) is 2.94. The number of alkyl halides is 1. The first-order valence-electron chi connectivity index (χ1n) is 6.81. The van der Waals surface area contributed by atoms with E-state index in [4.69, 9.17) is 4.74 Å². The molecule has 0 atom stereocenters. The molecule has 0 spiro atoms. The smallest absolute Gasteiger partial charge is 0.145 e. The molecule has 20 heavy (non-hydrogen) atoms. The van der Waals surface area contributed by atoms with Crippen molar-refractivity contribution < 1.29 is 9.13 Å². The lowest BCUT2D eigenvalue weighted by molar-refractivity contribution is 0.428. The third kappa shape index (κ3) is 2.91. The Morgan fingerprint density at radius 2 is 2.25 bits per heavy atom. The third-order valence-electron chi connectivity index (χ3n) is 3.53. The normalized spacial score (nSPS) is 15.4. The molecular weight excluding hydrogens is 253 g/mol. The highest BCUT2D eigenvalue weighted by molar-refractivity contribution is 5.47. The first-order chi connectivity index (χ1) is 9.69. The quantitative estimate of drug-likeness (QED) is 0.750. The van der Waals surface area contributed by atoms with Crippen LogP contribution in [0.5, 0.6) is 5.75 Å². The highest BCUT2D eigenvalue weighted by Crippen LogP contribution is 2.33. The molecule has 1 aromatic rings. The third-order valence-corrected chi connectivity index (χ3v) is 3.53. The van der Waals surface area contributed by atoms with E-state index in [1.165, 1.54) is 0 Å². The second-order valence-corrected chi connectivity index (χ2v) is 4.94. The zero-order valence-corrected chi connectivity index (χ0v) is 11.9. The maximum Gasteiger partial charge on any atom is 0.145 e. The summed E-state index contributed by atoms with van der Waals surface area (Å²) in [7, 11) is 0. The number of rotatable bonds is 4. The van der Waals surface area contributed by atoms with Crippen molar-refractivity contribution >= 4 is 0 Å². The van der Waals surface area contributed by atoms with Crippen LogP contribution in [0.25, 0.3) is 0 Å². The summed E-state index contributed by atoms with van der Waals surface area (Å²) < 4.78 is 18.9. The molecule has 0 heterocycles. The second-order valence-electron chi connectivity index (χ2n) is 4.94. The Balaban J connectivity index is 2.31. The molecule has 1 aromatic carbocycles. The lowest BCUT2D eigenvalue weighted by atomic mass is 10.1. The fraction of sp³-hybridized carbons (Fsp3) is 0.353. The van der Waals surface area contributed by atoms with Gasteiger partial charge in [-0.1, -0.05) is 6.07 Å². The van der Waals surface area contributed by atoms with E-state index >= 15 is 0 Å². The van der Waals surface area contributed by atoms with Gasteiger partial charge in [0.2, 0.25) is 0 Å². The molecule has 1 aliphatic carbocycles. The molecule has 0 aliphatic heterocycles. The van der Waals surface area contributed by atoms with Crippen LogP contribution in [0.1, 0.15) is 37.3 Å². The topological polar surface area (TPSA) is 33.0 Å². The van der Waals surface area contributed by atoms with E-state index in [1.54, 1.807) is 12.1 Å². The molecule has 2 rings (SSSR count). The molecule has 0 fully saturated rings.